The van der Waals surface area contributed by atoms with Crippen LogP contribution >= 0.6 is 0 Å². The Morgan fingerprint density at radius 3 is 2.15 bits per heavy atom. The van der Waals surface area contributed by atoms with Gasteiger partial charge in [0.1, 0.15) is 12.6 Å². The van der Waals surface area contributed by atoms with Crippen molar-refractivity contribution in [2.75, 3.05) is 19.8 Å². The number of hydrogen-bond donors (Lipinski definition) is 2. The third-order valence-electron chi connectivity index (χ3n) is 6.81. The summed E-state index contributed by atoms with van der Waals surface area (Å²) < 4.78 is 11.0. The summed E-state index contributed by atoms with van der Waals surface area (Å²) in [6, 6.07) is 14.7. The van der Waals surface area contributed by atoms with Crippen LogP contribution in [0.1, 0.15) is 36.3 Å². The van der Waals surface area contributed by atoms with Crippen molar-refractivity contribution < 1.29 is 29.0 Å². The van der Waals surface area contributed by atoms with Crippen LogP contribution in [0.15, 0.2) is 48.5 Å². The average molecular weight is 450 g/mol. The van der Waals surface area contributed by atoms with E-state index in [1.54, 1.807) is 4.90 Å². The van der Waals surface area contributed by atoms with E-state index in [9.17, 15) is 19.5 Å². The zero-order valence-electron chi connectivity index (χ0n) is 18.1. The van der Waals surface area contributed by atoms with Crippen LogP contribution in [0, 0.1) is 0 Å². The monoisotopic (exact) mass is 450 g/mol. The fraction of sp³-hybridized carbons (Fsp3) is 0.400. The van der Waals surface area contributed by atoms with Crippen molar-refractivity contribution in [2.45, 2.75) is 43.3 Å². The Kier molecular flexibility index (Phi) is 5.76. The summed E-state index contributed by atoms with van der Waals surface area (Å²) in [6.07, 6.45) is 0.347. The summed E-state index contributed by atoms with van der Waals surface area (Å²) in [7, 11) is 0. The molecule has 33 heavy (non-hydrogen) atoms. The quantitative estimate of drug-likeness (QED) is 0.701. The topological polar surface area (TPSA) is 105 Å². The molecular weight excluding hydrogens is 424 g/mol. The fourth-order valence-electron chi connectivity index (χ4n) is 5.33. The van der Waals surface area contributed by atoms with E-state index in [1.165, 1.54) is 0 Å². The van der Waals surface area contributed by atoms with Crippen molar-refractivity contribution >= 4 is 18.0 Å². The van der Waals surface area contributed by atoms with Gasteiger partial charge in [-0.3, -0.25) is 9.59 Å². The van der Waals surface area contributed by atoms with Crippen LogP contribution in [0.5, 0.6) is 0 Å². The SMILES string of the molecule is O=C(O)CC(NC(=O)OCC1c2ccccc2-c2ccccc21)C(=O)N1C2CCC1COC2. The fourth-order valence-corrected chi connectivity index (χ4v) is 5.33. The molecule has 8 heteroatoms. The Bertz CT molecular complexity index is 1020. The van der Waals surface area contributed by atoms with Crippen molar-refractivity contribution in [3.8, 4) is 11.1 Å². The molecule has 0 aromatic heterocycles. The van der Waals surface area contributed by atoms with Crippen LogP contribution in [-0.2, 0) is 19.1 Å². The number of fused-ring (bicyclic) bond motifs is 5. The number of nitrogens with one attached hydrogen (secondary N) is 1. The molecule has 172 valence electrons. The van der Waals surface area contributed by atoms with E-state index in [0.29, 0.717) is 13.2 Å². The van der Waals surface area contributed by atoms with Gasteiger partial charge < -0.3 is 24.8 Å². The average Bonchev–Trinajstić information content (AvgIpc) is 3.26. The lowest BCUT2D eigenvalue weighted by Crippen LogP contribution is -2.56. The van der Waals surface area contributed by atoms with Crippen LogP contribution in [0.25, 0.3) is 11.1 Å². The molecule has 2 fully saturated rings. The minimum atomic E-state index is -1.18. The number of nitrogens with zero attached hydrogens (tertiary/aromatic N) is 1. The Balaban J connectivity index is 1.27. The molecule has 2 saturated heterocycles. The molecule has 1 aliphatic carbocycles. The number of hydrogen-bond acceptors (Lipinski definition) is 5. The molecular formula is C25H26N2O6. The number of carbonyl (C=O) groups excluding carboxylic acids is 2. The maximum atomic E-state index is 13.2. The van der Waals surface area contributed by atoms with Gasteiger partial charge in [0.2, 0.25) is 5.91 Å². The molecule has 0 saturated carbocycles. The van der Waals surface area contributed by atoms with Gasteiger partial charge in [0.15, 0.2) is 0 Å². The lowest BCUT2D eigenvalue weighted by Gasteiger charge is -2.36. The van der Waals surface area contributed by atoms with E-state index in [1.807, 2.05) is 48.5 Å². The molecule has 3 aliphatic rings. The van der Waals surface area contributed by atoms with Crippen LogP contribution in [0.2, 0.25) is 0 Å². The van der Waals surface area contributed by atoms with Crippen molar-refractivity contribution in [3.63, 3.8) is 0 Å². The second kappa shape index (κ2) is 8.86. The van der Waals surface area contributed by atoms with E-state index < -0.39 is 24.5 Å². The first-order valence-electron chi connectivity index (χ1n) is 11.3. The van der Waals surface area contributed by atoms with Gasteiger partial charge in [-0.2, -0.15) is 0 Å². The van der Waals surface area contributed by atoms with E-state index in [-0.39, 0.29) is 30.5 Å². The maximum Gasteiger partial charge on any atom is 0.407 e. The first kappa shape index (κ1) is 21.5. The third kappa shape index (κ3) is 4.06. The molecule has 2 aliphatic heterocycles. The molecule has 2 amide bonds. The Morgan fingerprint density at radius 2 is 1.58 bits per heavy atom. The van der Waals surface area contributed by atoms with Crippen LogP contribution in [0.4, 0.5) is 4.79 Å². The zero-order valence-corrected chi connectivity index (χ0v) is 18.1. The van der Waals surface area contributed by atoms with E-state index in [4.69, 9.17) is 9.47 Å². The summed E-state index contributed by atoms with van der Waals surface area (Å²) in [5, 5.41) is 11.8. The normalized spacial score (nSPS) is 21.8. The third-order valence-corrected chi connectivity index (χ3v) is 6.81. The summed E-state index contributed by atoms with van der Waals surface area (Å²) in [5.74, 6) is -1.67. The van der Waals surface area contributed by atoms with Crippen LogP contribution in [-0.4, -0.2) is 65.9 Å². The number of carbonyl (C=O) groups is 3. The van der Waals surface area contributed by atoms with Gasteiger partial charge in [0.25, 0.3) is 0 Å². The lowest BCUT2D eigenvalue weighted by molar-refractivity contribution is -0.147. The van der Waals surface area contributed by atoms with Crippen molar-refractivity contribution in [3.05, 3.63) is 59.7 Å². The molecule has 2 bridgehead atoms. The minimum Gasteiger partial charge on any atom is -0.481 e. The first-order chi connectivity index (χ1) is 16.0. The number of ether oxygens (including phenoxy) is 2. The van der Waals surface area contributed by atoms with E-state index in [2.05, 4.69) is 5.32 Å². The van der Waals surface area contributed by atoms with Gasteiger partial charge in [-0.25, -0.2) is 4.79 Å². The molecule has 2 aromatic rings. The highest BCUT2D eigenvalue weighted by atomic mass is 16.5. The Morgan fingerprint density at radius 1 is 1.00 bits per heavy atom. The standard InChI is InChI=1S/C25H26N2O6/c28-23(29)11-22(24(30)27-15-9-10-16(27)13-32-12-15)26-25(31)33-14-21-19-7-3-1-5-17(19)18-6-2-4-8-20(18)21/h1-8,15-16,21-22H,9-14H2,(H,26,31)(H,28,29). The highest BCUT2D eigenvalue weighted by Crippen LogP contribution is 2.44. The molecule has 2 N–H and O–H groups in total. The van der Waals surface area contributed by atoms with Gasteiger partial charge in [-0.1, -0.05) is 48.5 Å². The second-order valence-corrected chi connectivity index (χ2v) is 8.79. The number of morpholine rings is 1. The maximum absolute atomic E-state index is 13.2. The largest absolute Gasteiger partial charge is 0.481 e. The highest BCUT2D eigenvalue weighted by molar-refractivity contribution is 5.90. The summed E-state index contributed by atoms with van der Waals surface area (Å²) in [4.78, 5) is 38.9. The predicted molar refractivity (Wildman–Crippen MR) is 119 cm³/mol. The number of rotatable bonds is 6. The van der Waals surface area contributed by atoms with Crippen molar-refractivity contribution in [1.29, 1.82) is 0 Å². The number of benzene rings is 2. The van der Waals surface area contributed by atoms with Crippen molar-refractivity contribution in [2.24, 2.45) is 0 Å². The Hall–Kier alpha value is -3.39. The molecule has 3 atom stereocenters. The first-order valence-corrected chi connectivity index (χ1v) is 11.3. The number of amides is 2. The predicted octanol–water partition coefficient (Wildman–Crippen LogP) is 2.76. The molecule has 5 rings (SSSR count). The summed E-state index contributed by atoms with van der Waals surface area (Å²) >= 11 is 0. The summed E-state index contributed by atoms with van der Waals surface area (Å²) in [5.41, 5.74) is 4.39. The second-order valence-electron chi connectivity index (χ2n) is 8.79. The van der Waals surface area contributed by atoms with Crippen LogP contribution in [0.3, 0.4) is 0 Å². The summed E-state index contributed by atoms with van der Waals surface area (Å²) in [6.45, 7) is 0.969. The van der Waals surface area contributed by atoms with Gasteiger partial charge in [-0.15, -0.1) is 0 Å². The smallest absolute Gasteiger partial charge is 0.407 e. The van der Waals surface area contributed by atoms with E-state index in [0.717, 1.165) is 35.1 Å². The molecule has 8 nitrogen and oxygen atoms in total. The van der Waals surface area contributed by atoms with Gasteiger partial charge in [0, 0.05) is 5.92 Å². The van der Waals surface area contributed by atoms with E-state index >= 15 is 0 Å². The highest BCUT2D eigenvalue weighted by Gasteiger charge is 2.43. The number of carboxylic acid groups (broad SMARTS) is 1. The minimum absolute atomic E-state index is 0.0724. The van der Waals surface area contributed by atoms with Crippen LogP contribution < -0.4 is 5.32 Å². The number of alkyl carbamates (subject to hydrolysis) is 1. The van der Waals surface area contributed by atoms with Gasteiger partial charge in [0.05, 0.1) is 31.7 Å². The molecule has 0 radical (unpaired) electrons. The van der Waals surface area contributed by atoms with Crippen molar-refractivity contribution in [1.82, 2.24) is 10.2 Å². The zero-order chi connectivity index (χ0) is 22.9. The molecule has 2 heterocycles. The Labute approximate surface area is 191 Å². The molecule has 2 aromatic carbocycles. The van der Waals surface area contributed by atoms with Gasteiger partial charge in [-0.05, 0) is 35.1 Å². The molecule has 3 unspecified atom stereocenters. The number of aliphatic carboxylic acids is 1. The number of carboxylic acids is 1. The van der Waals surface area contributed by atoms with Gasteiger partial charge >= 0.3 is 12.1 Å². The molecule has 0 spiro atoms. The lowest BCUT2D eigenvalue weighted by atomic mass is 9.98.